The van der Waals surface area contributed by atoms with Crippen molar-refractivity contribution in [3.05, 3.63) is 0 Å². The first kappa shape index (κ1) is 20.3. The quantitative estimate of drug-likeness (QED) is 0.742. The van der Waals surface area contributed by atoms with Crippen LogP contribution in [0.2, 0.25) is 0 Å². The maximum atomic E-state index is 12.5. The molecular weight excluding hydrogens is 344 g/mol. The Morgan fingerprint density at radius 3 is 2.27 bits per heavy atom. The maximum Gasteiger partial charge on any atom is 0.314 e. The first-order valence-corrected chi connectivity index (χ1v) is 11.8. The van der Waals surface area contributed by atoms with E-state index >= 15 is 0 Å². The van der Waals surface area contributed by atoms with Crippen molar-refractivity contribution >= 4 is 17.8 Å². The fraction of sp³-hybridized carbons (Fsp3) is 0.950. The van der Waals surface area contributed by atoms with Gasteiger partial charge in [0.05, 0.1) is 0 Å². The van der Waals surface area contributed by atoms with Gasteiger partial charge in [-0.05, 0) is 52.6 Å². The van der Waals surface area contributed by atoms with Crippen LogP contribution in [0.25, 0.3) is 0 Å². The van der Waals surface area contributed by atoms with Crippen LogP contribution in [0, 0.1) is 0 Å². The summed E-state index contributed by atoms with van der Waals surface area (Å²) in [5.74, 6) is 2.47. The Bertz CT molecular complexity index is 453. The van der Waals surface area contributed by atoms with E-state index in [2.05, 4.69) is 46.0 Å². The number of amides is 2. The van der Waals surface area contributed by atoms with E-state index in [1.54, 1.807) is 0 Å². The number of carbonyl (C=O) groups excluding carboxylic acids is 1. The molecule has 0 radical (unpaired) electrons. The Morgan fingerprint density at radius 1 is 0.962 bits per heavy atom. The number of hydrogen-bond acceptors (Lipinski definition) is 4. The lowest BCUT2D eigenvalue weighted by Crippen LogP contribution is -2.59. The number of thioether (sulfide) groups is 1. The van der Waals surface area contributed by atoms with Gasteiger partial charge in [0.1, 0.15) is 0 Å². The standard InChI is InChI=1S/C20H38N4OS/c1-19(2,23-10-6-3-7-11-23)16-21-18(25)22-17-20(8-4-5-9-20)24-12-14-26-15-13-24/h3-17H2,1-2H3,(H2,21,22,25). The van der Waals surface area contributed by atoms with Gasteiger partial charge in [-0.3, -0.25) is 9.80 Å². The van der Waals surface area contributed by atoms with Crippen molar-refractivity contribution in [1.29, 1.82) is 0 Å². The fourth-order valence-corrected chi connectivity index (χ4v) is 5.79. The van der Waals surface area contributed by atoms with Crippen LogP contribution in [-0.2, 0) is 0 Å². The van der Waals surface area contributed by atoms with E-state index in [0.29, 0.717) is 6.54 Å². The summed E-state index contributed by atoms with van der Waals surface area (Å²) in [7, 11) is 0. The largest absolute Gasteiger partial charge is 0.336 e. The van der Waals surface area contributed by atoms with E-state index in [-0.39, 0.29) is 17.1 Å². The van der Waals surface area contributed by atoms with E-state index in [9.17, 15) is 4.79 Å². The van der Waals surface area contributed by atoms with Gasteiger partial charge in [0.25, 0.3) is 0 Å². The van der Waals surface area contributed by atoms with Crippen LogP contribution < -0.4 is 10.6 Å². The molecule has 2 saturated heterocycles. The topological polar surface area (TPSA) is 47.6 Å². The van der Waals surface area contributed by atoms with Crippen LogP contribution in [0.3, 0.4) is 0 Å². The molecule has 0 aromatic carbocycles. The molecule has 2 amide bonds. The summed E-state index contributed by atoms with van der Waals surface area (Å²) in [6.45, 7) is 10.7. The van der Waals surface area contributed by atoms with Crippen molar-refractivity contribution in [2.24, 2.45) is 0 Å². The van der Waals surface area contributed by atoms with E-state index in [4.69, 9.17) is 0 Å². The van der Waals surface area contributed by atoms with E-state index < -0.39 is 0 Å². The lowest BCUT2D eigenvalue weighted by molar-refractivity contribution is 0.0934. The average molecular weight is 383 g/mol. The minimum atomic E-state index is 0.00717. The molecule has 2 heterocycles. The molecule has 3 rings (SSSR count). The summed E-state index contributed by atoms with van der Waals surface area (Å²) in [6, 6.07) is 0.00717. The third-order valence-corrected chi connectivity index (χ3v) is 7.63. The lowest BCUT2D eigenvalue weighted by Gasteiger charge is -2.43. The molecule has 150 valence electrons. The fourth-order valence-electron chi connectivity index (χ4n) is 4.89. The summed E-state index contributed by atoms with van der Waals surface area (Å²) in [5.41, 5.74) is 0.244. The van der Waals surface area contributed by atoms with Gasteiger partial charge in [0.2, 0.25) is 0 Å². The molecule has 26 heavy (non-hydrogen) atoms. The number of nitrogens with zero attached hydrogens (tertiary/aromatic N) is 2. The van der Waals surface area contributed by atoms with Gasteiger partial charge in [-0.15, -0.1) is 0 Å². The van der Waals surface area contributed by atoms with Crippen molar-refractivity contribution in [1.82, 2.24) is 20.4 Å². The summed E-state index contributed by atoms with van der Waals surface area (Å²) in [4.78, 5) is 17.7. The Morgan fingerprint density at radius 2 is 1.62 bits per heavy atom. The number of nitrogens with one attached hydrogen (secondary N) is 2. The van der Waals surface area contributed by atoms with Crippen LogP contribution in [0.4, 0.5) is 4.79 Å². The smallest absolute Gasteiger partial charge is 0.314 e. The zero-order valence-corrected chi connectivity index (χ0v) is 17.6. The number of likely N-dealkylation sites (tertiary alicyclic amines) is 1. The number of carbonyl (C=O) groups is 1. The van der Waals surface area contributed by atoms with Crippen molar-refractivity contribution in [3.8, 4) is 0 Å². The molecule has 0 aromatic rings. The van der Waals surface area contributed by atoms with Crippen LogP contribution in [0.15, 0.2) is 0 Å². The number of urea groups is 1. The molecule has 0 spiro atoms. The molecule has 0 aromatic heterocycles. The Kier molecular flexibility index (Phi) is 7.14. The molecule has 6 heteroatoms. The molecule has 0 unspecified atom stereocenters. The van der Waals surface area contributed by atoms with Crippen LogP contribution >= 0.6 is 11.8 Å². The number of piperidine rings is 1. The maximum absolute atomic E-state index is 12.5. The van der Waals surface area contributed by atoms with Crippen LogP contribution in [0.5, 0.6) is 0 Å². The molecule has 5 nitrogen and oxygen atoms in total. The van der Waals surface area contributed by atoms with Gasteiger partial charge in [-0.1, -0.05) is 19.3 Å². The van der Waals surface area contributed by atoms with Crippen LogP contribution in [-0.4, -0.2) is 77.7 Å². The Balaban J connectivity index is 1.46. The van der Waals surface area contributed by atoms with Gasteiger partial charge in [0.15, 0.2) is 0 Å². The predicted molar refractivity (Wildman–Crippen MR) is 111 cm³/mol. The zero-order valence-electron chi connectivity index (χ0n) is 16.8. The van der Waals surface area contributed by atoms with Crippen molar-refractivity contribution in [2.75, 3.05) is 50.8 Å². The highest BCUT2D eigenvalue weighted by Gasteiger charge is 2.40. The first-order chi connectivity index (χ1) is 12.5. The minimum absolute atomic E-state index is 0.00717. The summed E-state index contributed by atoms with van der Waals surface area (Å²) < 4.78 is 0. The zero-order chi connectivity index (χ0) is 18.5. The average Bonchev–Trinajstić information content (AvgIpc) is 3.16. The molecule has 1 aliphatic carbocycles. The third kappa shape index (κ3) is 5.08. The van der Waals surface area contributed by atoms with Gasteiger partial charge in [-0.25, -0.2) is 4.79 Å². The summed E-state index contributed by atoms with van der Waals surface area (Å²) >= 11 is 2.06. The Labute approximate surface area is 164 Å². The van der Waals surface area contributed by atoms with Crippen molar-refractivity contribution < 1.29 is 4.79 Å². The molecular formula is C20H38N4OS. The van der Waals surface area contributed by atoms with E-state index in [1.165, 1.54) is 69.5 Å². The monoisotopic (exact) mass is 382 g/mol. The molecule has 3 aliphatic rings. The molecule has 2 aliphatic heterocycles. The molecule has 0 atom stereocenters. The van der Waals surface area contributed by atoms with Crippen LogP contribution in [0.1, 0.15) is 58.8 Å². The minimum Gasteiger partial charge on any atom is -0.336 e. The SMILES string of the molecule is CC(C)(CNC(=O)NCC1(N2CCSCC2)CCCC1)N1CCCCC1. The second-order valence-corrected chi connectivity index (χ2v) is 10.2. The lowest BCUT2D eigenvalue weighted by atomic mass is 9.94. The highest BCUT2D eigenvalue weighted by atomic mass is 32.2. The molecule has 2 N–H and O–H groups in total. The number of hydrogen-bond donors (Lipinski definition) is 2. The second-order valence-electron chi connectivity index (χ2n) is 8.93. The van der Waals surface area contributed by atoms with Gasteiger partial charge in [-0.2, -0.15) is 11.8 Å². The highest BCUT2D eigenvalue weighted by molar-refractivity contribution is 7.99. The van der Waals surface area contributed by atoms with Gasteiger partial charge < -0.3 is 10.6 Å². The molecule has 3 fully saturated rings. The van der Waals surface area contributed by atoms with Crippen molar-refractivity contribution in [3.63, 3.8) is 0 Å². The highest BCUT2D eigenvalue weighted by Crippen LogP contribution is 2.36. The number of rotatable bonds is 6. The van der Waals surface area contributed by atoms with Crippen molar-refractivity contribution in [2.45, 2.75) is 69.9 Å². The summed E-state index contributed by atoms with van der Waals surface area (Å²) in [5, 5.41) is 6.37. The first-order valence-electron chi connectivity index (χ1n) is 10.6. The predicted octanol–water partition coefficient (Wildman–Crippen LogP) is 2.91. The summed E-state index contributed by atoms with van der Waals surface area (Å²) in [6.07, 6.45) is 8.98. The second kappa shape index (κ2) is 9.16. The third-order valence-electron chi connectivity index (χ3n) is 6.69. The Hall–Kier alpha value is -0.460. The van der Waals surface area contributed by atoms with E-state index in [1.807, 2.05) is 0 Å². The molecule has 0 bridgehead atoms. The van der Waals surface area contributed by atoms with Gasteiger partial charge in [0, 0.05) is 48.8 Å². The van der Waals surface area contributed by atoms with E-state index in [0.717, 1.165) is 19.6 Å². The van der Waals surface area contributed by atoms with Gasteiger partial charge >= 0.3 is 6.03 Å². The normalized spacial score (nSPS) is 25.2. The molecule has 1 saturated carbocycles.